The van der Waals surface area contributed by atoms with Crippen molar-refractivity contribution in [1.29, 1.82) is 0 Å². The zero-order valence-electron chi connectivity index (χ0n) is 20.9. The zero-order chi connectivity index (χ0) is 25.4. The molecule has 3 N–H and O–H groups in total. The van der Waals surface area contributed by atoms with Gasteiger partial charge in [-0.3, -0.25) is 14.2 Å². The molecule has 3 rings (SSSR count). The van der Waals surface area contributed by atoms with Gasteiger partial charge in [0.15, 0.2) is 0 Å². The van der Waals surface area contributed by atoms with Gasteiger partial charge in [0.2, 0.25) is 5.91 Å². The van der Waals surface area contributed by atoms with E-state index in [2.05, 4.69) is 23.0 Å². The number of aromatic nitrogens is 2. The van der Waals surface area contributed by atoms with Gasteiger partial charge >= 0.3 is 0 Å². The van der Waals surface area contributed by atoms with Crippen molar-refractivity contribution in [2.45, 2.75) is 57.6 Å². The standard InChI is InChI=1S/C27H39N5O3/c1-4-7-21(5-2)8-9-25(33)31-16-12-27(35,13-17-31)19-32-20-29-24(18-26(32)34)30-14-10-22(11-15-30)23(28)6-3/h4-7,18,20,22,35H,1-2,8-17,19,28H2,3H3/b21-7+,23-6-. The van der Waals surface area contributed by atoms with Gasteiger partial charge in [-0.2, -0.15) is 0 Å². The van der Waals surface area contributed by atoms with Crippen LogP contribution in [0.5, 0.6) is 0 Å². The Bertz CT molecular complexity index is 1030. The molecule has 8 heteroatoms. The summed E-state index contributed by atoms with van der Waals surface area (Å²) in [5.74, 6) is 1.11. The van der Waals surface area contributed by atoms with Crippen molar-refractivity contribution >= 4 is 11.7 Å². The third-order valence-electron chi connectivity index (χ3n) is 7.22. The summed E-state index contributed by atoms with van der Waals surface area (Å²) in [6, 6.07) is 1.55. The lowest BCUT2D eigenvalue weighted by molar-refractivity contribution is -0.135. The van der Waals surface area contributed by atoms with Crippen LogP contribution in [0.15, 0.2) is 65.9 Å². The quantitative estimate of drug-likeness (QED) is 0.526. The molecule has 0 bridgehead atoms. The van der Waals surface area contributed by atoms with E-state index in [-0.39, 0.29) is 18.0 Å². The second kappa shape index (κ2) is 12.0. The molecule has 3 heterocycles. The second-order valence-corrected chi connectivity index (χ2v) is 9.55. The molecule has 2 aliphatic rings. The van der Waals surface area contributed by atoms with Gasteiger partial charge < -0.3 is 20.6 Å². The molecule has 0 spiro atoms. The Kier molecular flexibility index (Phi) is 9.09. The molecule has 0 saturated carbocycles. The second-order valence-electron chi connectivity index (χ2n) is 9.55. The van der Waals surface area contributed by atoms with Gasteiger partial charge in [0.05, 0.1) is 18.5 Å². The highest BCUT2D eigenvalue weighted by Gasteiger charge is 2.34. The first-order chi connectivity index (χ1) is 16.8. The van der Waals surface area contributed by atoms with Crippen molar-refractivity contribution in [3.8, 4) is 0 Å². The number of rotatable bonds is 9. The molecular formula is C27H39N5O3. The van der Waals surface area contributed by atoms with Crippen LogP contribution in [0.2, 0.25) is 0 Å². The topological polar surface area (TPSA) is 105 Å². The van der Waals surface area contributed by atoms with Crippen molar-refractivity contribution in [3.63, 3.8) is 0 Å². The van der Waals surface area contributed by atoms with Gasteiger partial charge in [0.1, 0.15) is 5.82 Å². The molecule has 2 aliphatic heterocycles. The van der Waals surface area contributed by atoms with Gasteiger partial charge in [-0.1, -0.05) is 37.5 Å². The first-order valence-corrected chi connectivity index (χ1v) is 12.5. The number of piperidine rings is 2. The maximum absolute atomic E-state index is 12.8. The van der Waals surface area contributed by atoms with Crippen molar-refractivity contribution in [2.24, 2.45) is 11.7 Å². The minimum absolute atomic E-state index is 0.0620. The van der Waals surface area contributed by atoms with E-state index in [9.17, 15) is 14.7 Å². The summed E-state index contributed by atoms with van der Waals surface area (Å²) in [6.07, 6.45) is 12.5. The number of amides is 1. The molecule has 35 heavy (non-hydrogen) atoms. The van der Waals surface area contributed by atoms with Gasteiger partial charge in [0, 0.05) is 50.3 Å². The van der Waals surface area contributed by atoms with E-state index in [1.165, 1.54) is 10.9 Å². The third kappa shape index (κ3) is 6.94. The fraction of sp³-hybridized carbons (Fsp3) is 0.519. The van der Waals surface area contributed by atoms with Crippen molar-refractivity contribution in [2.75, 3.05) is 31.1 Å². The van der Waals surface area contributed by atoms with E-state index in [1.807, 2.05) is 19.1 Å². The highest BCUT2D eigenvalue weighted by Crippen LogP contribution is 2.26. The van der Waals surface area contributed by atoms with Crippen LogP contribution in [-0.2, 0) is 11.3 Å². The van der Waals surface area contributed by atoms with Crippen LogP contribution in [-0.4, -0.2) is 57.2 Å². The van der Waals surface area contributed by atoms with Gasteiger partial charge in [-0.05, 0) is 44.6 Å². The number of hydrogen-bond acceptors (Lipinski definition) is 6. The summed E-state index contributed by atoms with van der Waals surface area (Å²) in [5.41, 5.74) is 6.75. The molecule has 190 valence electrons. The Morgan fingerprint density at radius 3 is 2.49 bits per heavy atom. The maximum Gasteiger partial charge on any atom is 0.255 e. The summed E-state index contributed by atoms with van der Waals surface area (Å²) in [6.45, 7) is 12.1. The van der Waals surface area contributed by atoms with E-state index in [0.29, 0.717) is 50.5 Å². The minimum Gasteiger partial charge on any atom is -0.402 e. The summed E-state index contributed by atoms with van der Waals surface area (Å²) in [7, 11) is 0. The summed E-state index contributed by atoms with van der Waals surface area (Å²) < 4.78 is 1.47. The van der Waals surface area contributed by atoms with Gasteiger partial charge in [-0.25, -0.2) is 4.98 Å². The molecule has 0 unspecified atom stereocenters. The van der Waals surface area contributed by atoms with Gasteiger partial charge in [0.25, 0.3) is 5.56 Å². The molecule has 2 fully saturated rings. The molecule has 1 amide bonds. The molecule has 0 aromatic carbocycles. The van der Waals surface area contributed by atoms with E-state index in [0.717, 1.165) is 37.2 Å². The van der Waals surface area contributed by atoms with E-state index < -0.39 is 5.60 Å². The third-order valence-corrected chi connectivity index (χ3v) is 7.22. The number of anilines is 1. The van der Waals surface area contributed by atoms with Crippen LogP contribution in [0.3, 0.4) is 0 Å². The average Bonchev–Trinajstić information content (AvgIpc) is 2.87. The summed E-state index contributed by atoms with van der Waals surface area (Å²) >= 11 is 0. The lowest BCUT2D eigenvalue weighted by atomic mass is 9.91. The number of nitrogens with zero attached hydrogens (tertiary/aromatic N) is 4. The Morgan fingerprint density at radius 2 is 1.91 bits per heavy atom. The highest BCUT2D eigenvalue weighted by molar-refractivity contribution is 5.76. The molecule has 1 aromatic heterocycles. The average molecular weight is 482 g/mol. The van der Waals surface area contributed by atoms with Crippen LogP contribution in [0.25, 0.3) is 0 Å². The highest BCUT2D eigenvalue weighted by atomic mass is 16.3. The van der Waals surface area contributed by atoms with Crippen molar-refractivity contribution in [1.82, 2.24) is 14.5 Å². The Balaban J connectivity index is 1.53. The molecule has 0 aliphatic carbocycles. The van der Waals surface area contributed by atoms with E-state index in [4.69, 9.17) is 5.73 Å². The largest absolute Gasteiger partial charge is 0.402 e. The van der Waals surface area contributed by atoms with Crippen LogP contribution >= 0.6 is 0 Å². The van der Waals surface area contributed by atoms with Crippen molar-refractivity contribution in [3.05, 3.63) is 71.5 Å². The number of nitrogens with two attached hydrogens (primary N) is 1. The fourth-order valence-electron chi connectivity index (χ4n) is 4.85. The van der Waals surface area contributed by atoms with Crippen LogP contribution in [0.4, 0.5) is 5.82 Å². The Labute approximate surface area is 208 Å². The maximum atomic E-state index is 12.8. The van der Waals surface area contributed by atoms with E-state index >= 15 is 0 Å². The summed E-state index contributed by atoms with van der Waals surface area (Å²) in [5, 5.41) is 11.1. The van der Waals surface area contributed by atoms with E-state index in [1.54, 1.807) is 23.1 Å². The summed E-state index contributed by atoms with van der Waals surface area (Å²) in [4.78, 5) is 33.8. The minimum atomic E-state index is -1.04. The van der Waals surface area contributed by atoms with Crippen LogP contribution < -0.4 is 16.2 Å². The fourth-order valence-corrected chi connectivity index (χ4v) is 4.85. The number of carbonyl (C=O) groups is 1. The molecule has 1 aromatic rings. The predicted molar refractivity (Wildman–Crippen MR) is 140 cm³/mol. The van der Waals surface area contributed by atoms with Crippen LogP contribution in [0.1, 0.15) is 45.4 Å². The van der Waals surface area contributed by atoms with Crippen molar-refractivity contribution < 1.29 is 9.90 Å². The molecule has 0 atom stereocenters. The Hall–Kier alpha value is -3.13. The monoisotopic (exact) mass is 481 g/mol. The lowest BCUT2D eigenvalue weighted by Gasteiger charge is -2.38. The van der Waals surface area contributed by atoms with Crippen LogP contribution in [0, 0.1) is 5.92 Å². The Morgan fingerprint density at radius 1 is 1.23 bits per heavy atom. The lowest BCUT2D eigenvalue weighted by Crippen LogP contribution is -2.49. The predicted octanol–water partition coefficient (Wildman–Crippen LogP) is 2.75. The number of allylic oxidation sites excluding steroid dienone is 6. The molecule has 2 saturated heterocycles. The normalized spacial score (nSPS) is 19.5. The first-order valence-electron chi connectivity index (χ1n) is 12.5. The number of carbonyl (C=O) groups excluding carboxylic acids is 1. The molecule has 8 nitrogen and oxygen atoms in total. The number of aliphatic hydroxyl groups is 1. The number of likely N-dealkylation sites (tertiary alicyclic amines) is 1. The SMILES string of the molecule is C=C/C=C(\C=C)CCC(=O)N1CCC(O)(Cn2cnc(N3CCC(/C(N)=C/C)CC3)cc2=O)CC1. The zero-order valence-corrected chi connectivity index (χ0v) is 20.9. The smallest absolute Gasteiger partial charge is 0.255 e. The number of hydrogen-bond donors (Lipinski definition) is 2. The van der Waals surface area contributed by atoms with Gasteiger partial charge in [-0.15, -0.1) is 0 Å². The first kappa shape index (κ1) is 26.5. The molecular weight excluding hydrogens is 442 g/mol. The molecule has 0 radical (unpaired) electrons.